The first-order valence-corrected chi connectivity index (χ1v) is 5.25. The lowest BCUT2D eigenvalue weighted by molar-refractivity contribution is 0.178. The molecule has 0 bridgehead atoms. The minimum Gasteiger partial charge on any atom is -0.379 e. The molecule has 3 nitrogen and oxygen atoms in total. The second-order valence-corrected chi connectivity index (χ2v) is 4.82. The molecule has 1 aliphatic heterocycles. The van der Waals surface area contributed by atoms with Crippen molar-refractivity contribution in [1.29, 1.82) is 0 Å². The summed E-state index contributed by atoms with van der Waals surface area (Å²) < 4.78 is 5.31. The van der Waals surface area contributed by atoms with E-state index in [1.54, 1.807) is 11.3 Å². The minimum absolute atomic E-state index is 0.316. The highest BCUT2D eigenvalue weighted by Gasteiger charge is 2.35. The van der Waals surface area contributed by atoms with Crippen LogP contribution in [0.4, 0.5) is 0 Å². The van der Waals surface area contributed by atoms with Gasteiger partial charge in [0.25, 0.3) is 0 Å². The molecule has 1 atom stereocenters. The van der Waals surface area contributed by atoms with Crippen LogP contribution < -0.4 is 5.73 Å². The first kappa shape index (κ1) is 9.12. The SMILES string of the molecule is Cc1nc(C2(N)CCOC2)sc1C. The van der Waals surface area contributed by atoms with Gasteiger partial charge in [-0.05, 0) is 20.3 Å². The molecule has 1 aliphatic rings. The van der Waals surface area contributed by atoms with E-state index in [1.807, 2.05) is 6.92 Å². The highest BCUT2D eigenvalue weighted by molar-refractivity contribution is 7.11. The zero-order valence-electron chi connectivity index (χ0n) is 7.96. The fourth-order valence-corrected chi connectivity index (χ4v) is 2.47. The van der Waals surface area contributed by atoms with Gasteiger partial charge in [-0.1, -0.05) is 0 Å². The van der Waals surface area contributed by atoms with Crippen LogP contribution in [0.25, 0.3) is 0 Å². The monoisotopic (exact) mass is 198 g/mol. The molecule has 1 fully saturated rings. The second-order valence-electron chi connectivity index (χ2n) is 3.62. The summed E-state index contributed by atoms with van der Waals surface area (Å²) in [5.74, 6) is 0. The number of hydrogen-bond donors (Lipinski definition) is 1. The highest BCUT2D eigenvalue weighted by atomic mass is 32.1. The molecule has 0 radical (unpaired) electrons. The zero-order valence-corrected chi connectivity index (χ0v) is 8.78. The van der Waals surface area contributed by atoms with Gasteiger partial charge in [0, 0.05) is 11.5 Å². The number of aromatic nitrogens is 1. The van der Waals surface area contributed by atoms with Crippen LogP contribution in [-0.4, -0.2) is 18.2 Å². The third-order valence-electron chi connectivity index (χ3n) is 2.51. The summed E-state index contributed by atoms with van der Waals surface area (Å²) in [5, 5.41) is 1.03. The van der Waals surface area contributed by atoms with E-state index in [1.165, 1.54) is 4.88 Å². The van der Waals surface area contributed by atoms with Gasteiger partial charge in [-0.3, -0.25) is 0 Å². The third kappa shape index (κ3) is 1.49. The maximum absolute atomic E-state index is 6.19. The smallest absolute Gasteiger partial charge is 0.115 e. The molecular formula is C9H14N2OS. The standard InChI is InChI=1S/C9H14N2OS/c1-6-7(2)13-8(11-6)9(10)3-4-12-5-9/h3-5,10H2,1-2H3. The molecule has 4 heteroatoms. The predicted molar refractivity (Wildman–Crippen MR) is 52.9 cm³/mol. The van der Waals surface area contributed by atoms with Crippen molar-refractivity contribution in [3.8, 4) is 0 Å². The minimum atomic E-state index is -0.316. The highest BCUT2D eigenvalue weighted by Crippen LogP contribution is 2.31. The Hall–Kier alpha value is -0.450. The van der Waals surface area contributed by atoms with E-state index in [0.717, 1.165) is 23.7 Å². The Bertz CT molecular complexity index is 296. The van der Waals surface area contributed by atoms with E-state index in [2.05, 4.69) is 11.9 Å². The Morgan fingerprint density at radius 3 is 2.77 bits per heavy atom. The normalized spacial score (nSPS) is 28.2. The molecule has 1 aromatic heterocycles. The summed E-state index contributed by atoms with van der Waals surface area (Å²) in [6.07, 6.45) is 0.888. The molecule has 1 aromatic rings. The number of thiazole rings is 1. The molecule has 2 heterocycles. The van der Waals surface area contributed by atoms with Crippen molar-refractivity contribution in [3.63, 3.8) is 0 Å². The molecule has 0 aromatic carbocycles. The Balaban J connectivity index is 2.34. The number of nitrogens with zero attached hydrogens (tertiary/aromatic N) is 1. The first-order chi connectivity index (χ1) is 6.12. The average molecular weight is 198 g/mol. The largest absolute Gasteiger partial charge is 0.379 e. The summed E-state index contributed by atoms with van der Waals surface area (Å²) >= 11 is 1.69. The van der Waals surface area contributed by atoms with Crippen molar-refractivity contribution in [2.45, 2.75) is 25.8 Å². The number of nitrogens with two attached hydrogens (primary N) is 1. The van der Waals surface area contributed by atoms with Crippen LogP contribution in [0.1, 0.15) is 22.0 Å². The number of aryl methyl sites for hydroxylation is 2. The van der Waals surface area contributed by atoms with Gasteiger partial charge >= 0.3 is 0 Å². The van der Waals surface area contributed by atoms with Crippen molar-refractivity contribution in [2.24, 2.45) is 5.73 Å². The van der Waals surface area contributed by atoms with Gasteiger partial charge in [0.05, 0.1) is 17.8 Å². The van der Waals surface area contributed by atoms with Crippen LogP contribution in [0.3, 0.4) is 0 Å². The molecule has 0 aliphatic carbocycles. The van der Waals surface area contributed by atoms with Crippen LogP contribution in [-0.2, 0) is 10.3 Å². The van der Waals surface area contributed by atoms with Gasteiger partial charge in [-0.25, -0.2) is 4.98 Å². The van der Waals surface area contributed by atoms with E-state index in [4.69, 9.17) is 10.5 Å². The van der Waals surface area contributed by atoms with Gasteiger partial charge in [0.15, 0.2) is 0 Å². The number of rotatable bonds is 1. The quantitative estimate of drug-likeness (QED) is 0.740. The van der Waals surface area contributed by atoms with E-state index < -0.39 is 0 Å². The Morgan fingerprint density at radius 1 is 1.54 bits per heavy atom. The van der Waals surface area contributed by atoms with Gasteiger partial charge in [-0.2, -0.15) is 0 Å². The van der Waals surface area contributed by atoms with Crippen LogP contribution in [0.5, 0.6) is 0 Å². The second kappa shape index (κ2) is 3.04. The van der Waals surface area contributed by atoms with E-state index >= 15 is 0 Å². The molecule has 2 rings (SSSR count). The summed E-state index contributed by atoms with van der Waals surface area (Å²) in [5.41, 5.74) is 6.96. The summed E-state index contributed by atoms with van der Waals surface area (Å²) in [7, 11) is 0. The van der Waals surface area contributed by atoms with Gasteiger partial charge < -0.3 is 10.5 Å². The molecule has 0 amide bonds. The van der Waals surface area contributed by atoms with Crippen LogP contribution in [0.15, 0.2) is 0 Å². The summed E-state index contributed by atoms with van der Waals surface area (Å²) in [4.78, 5) is 5.73. The predicted octanol–water partition coefficient (Wildman–Crippen LogP) is 1.33. The average Bonchev–Trinajstić information content (AvgIpc) is 2.62. The fraction of sp³-hybridized carbons (Fsp3) is 0.667. The van der Waals surface area contributed by atoms with E-state index in [0.29, 0.717) is 6.61 Å². The van der Waals surface area contributed by atoms with Gasteiger partial charge in [0.1, 0.15) is 5.01 Å². The van der Waals surface area contributed by atoms with Crippen LogP contribution in [0.2, 0.25) is 0 Å². The molecule has 13 heavy (non-hydrogen) atoms. The van der Waals surface area contributed by atoms with Crippen LogP contribution >= 0.6 is 11.3 Å². The Kier molecular flexibility index (Phi) is 2.14. The Morgan fingerprint density at radius 2 is 2.31 bits per heavy atom. The lowest BCUT2D eigenvalue weighted by Gasteiger charge is -2.17. The summed E-state index contributed by atoms with van der Waals surface area (Å²) in [6, 6.07) is 0. The van der Waals surface area contributed by atoms with E-state index in [-0.39, 0.29) is 5.54 Å². The van der Waals surface area contributed by atoms with Gasteiger partial charge in [-0.15, -0.1) is 11.3 Å². The molecule has 1 unspecified atom stereocenters. The van der Waals surface area contributed by atoms with Crippen molar-refractivity contribution in [1.82, 2.24) is 4.98 Å². The lowest BCUT2D eigenvalue weighted by Crippen LogP contribution is -2.36. The van der Waals surface area contributed by atoms with E-state index in [9.17, 15) is 0 Å². The fourth-order valence-electron chi connectivity index (χ4n) is 1.44. The van der Waals surface area contributed by atoms with Crippen molar-refractivity contribution >= 4 is 11.3 Å². The van der Waals surface area contributed by atoms with Crippen molar-refractivity contribution in [2.75, 3.05) is 13.2 Å². The molecule has 1 saturated heterocycles. The number of hydrogen-bond acceptors (Lipinski definition) is 4. The maximum atomic E-state index is 6.19. The molecule has 0 spiro atoms. The topological polar surface area (TPSA) is 48.1 Å². The van der Waals surface area contributed by atoms with Crippen molar-refractivity contribution in [3.05, 3.63) is 15.6 Å². The zero-order chi connectivity index (χ0) is 9.47. The molecule has 2 N–H and O–H groups in total. The van der Waals surface area contributed by atoms with Crippen molar-refractivity contribution < 1.29 is 4.74 Å². The third-order valence-corrected chi connectivity index (χ3v) is 3.80. The Labute approximate surface area is 81.9 Å². The molecular weight excluding hydrogens is 184 g/mol. The number of ether oxygens (including phenoxy) is 1. The molecule has 0 saturated carbocycles. The summed E-state index contributed by atoms with van der Waals surface area (Å²) in [6.45, 7) is 5.47. The van der Waals surface area contributed by atoms with Crippen LogP contribution in [0, 0.1) is 13.8 Å². The first-order valence-electron chi connectivity index (χ1n) is 4.43. The lowest BCUT2D eigenvalue weighted by atomic mass is 10.0. The maximum Gasteiger partial charge on any atom is 0.115 e. The van der Waals surface area contributed by atoms with Gasteiger partial charge in [0.2, 0.25) is 0 Å². The molecule has 72 valence electrons.